The fraction of sp³-hybridized carbons (Fsp3) is 0.250. The molecule has 33 heavy (non-hydrogen) atoms. The molecule has 0 radical (unpaired) electrons. The number of halogens is 1. The SMILES string of the molecule is CCN1CCc2nc3ccccc3c(C(=O)OCC(=O)Nc3cc(C(=O)O)ccc3Cl)c2C1. The van der Waals surface area contributed by atoms with Crippen LogP contribution in [-0.4, -0.2) is 52.5 Å². The molecule has 0 saturated heterocycles. The number of ether oxygens (including phenoxy) is 1. The molecule has 1 aliphatic rings. The molecule has 9 heteroatoms. The maximum Gasteiger partial charge on any atom is 0.339 e. The molecule has 0 atom stereocenters. The number of rotatable bonds is 6. The number of carboxylic acids is 1. The van der Waals surface area contributed by atoms with Crippen LogP contribution in [0.4, 0.5) is 5.69 Å². The number of benzene rings is 2. The first kappa shape index (κ1) is 22.7. The Hall–Kier alpha value is -3.49. The molecule has 4 rings (SSSR count). The van der Waals surface area contributed by atoms with Gasteiger partial charge in [-0.15, -0.1) is 0 Å². The number of aromatic carboxylic acids is 1. The molecule has 1 amide bonds. The van der Waals surface area contributed by atoms with E-state index in [4.69, 9.17) is 26.4 Å². The van der Waals surface area contributed by atoms with Crippen LogP contribution in [0.1, 0.15) is 38.9 Å². The fourth-order valence-electron chi connectivity index (χ4n) is 3.89. The second-order valence-corrected chi connectivity index (χ2v) is 8.08. The number of para-hydroxylation sites is 1. The summed E-state index contributed by atoms with van der Waals surface area (Å²) >= 11 is 6.05. The number of pyridine rings is 1. The predicted molar refractivity (Wildman–Crippen MR) is 124 cm³/mol. The summed E-state index contributed by atoms with van der Waals surface area (Å²) < 4.78 is 5.37. The highest BCUT2D eigenvalue weighted by Crippen LogP contribution is 2.29. The van der Waals surface area contributed by atoms with Gasteiger partial charge in [-0.3, -0.25) is 14.7 Å². The van der Waals surface area contributed by atoms with Crippen LogP contribution in [0.25, 0.3) is 10.9 Å². The number of amides is 1. The minimum Gasteiger partial charge on any atom is -0.478 e. The molecule has 8 nitrogen and oxygen atoms in total. The minimum absolute atomic E-state index is 0.0259. The van der Waals surface area contributed by atoms with Crippen molar-refractivity contribution in [3.05, 3.63) is 69.9 Å². The normalized spacial score (nSPS) is 13.4. The lowest BCUT2D eigenvalue weighted by atomic mass is 9.96. The highest BCUT2D eigenvalue weighted by atomic mass is 35.5. The molecular weight excluding hydrogens is 446 g/mol. The Labute approximate surface area is 195 Å². The van der Waals surface area contributed by atoms with Gasteiger partial charge in [-0.25, -0.2) is 9.59 Å². The van der Waals surface area contributed by atoms with Gasteiger partial charge in [0.2, 0.25) is 0 Å². The zero-order chi connectivity index (χ0) is 23.5. The van der Waals surface area contributed by atoms with Crippen LogP contribution < -0.4 is 5.32 Å². The number of hydrogen-bond acceptors (Lipinski definition) is 6. The Morgan fingerprint density at radius 1 is 1.21 bits per heavy atom. The van der Waals surface area contributed by atoms with Crippen LogP contribution >= 0.6 is 11.6 Å². The molecule has 2 N–H and O–H groups in total. The van der Waals surface area contributed by atoms with Crippen LogP contribution in [0.15, 0.2) is 42.5 Å². The monoisotopic (exact) mass is 467 g/mol. The summed E-state index contributed by atoms with van der Waals surface area (Å²) in [5.74, 6) is -2.39. The first-order valence-electron chi connectivity index (χ1n) is 10.5. The minimum atomic E-state index is -1.15. The molecule has 2 heterocycles. The van der Waals surface area contributed by atoms with Crippen LogP contribution in [0.5, 0.6) is 0 Å². The number of carbonyl (C=O) groups excluding carboxylic acids is 2. The average molecular weight is 468 g/mol. The van der Waals surface area contributed by atoms with Crippen LogP contribution in [0.2, 0.25) is 5.02 Å². The van der Waals surface area contributed by atoms with Crippen molar-refractivity contribution in [2.75, 3.05) is 25.0 Å². The van der Waals surface area contributed by atoms with Gasteiger partial charge < -0.3 is 15.2 Å². The largest absolute Gasteiger partial charge is 0.478 e. The molecule has 0 saturated carbocycles. The van der Waals surface area contributed by atoms with E-state index in [1.807, 2.05) is 24.3 Å². The van der Waals surface area contributed by atoms with Gasteiger partial charge in [-0.2, -0.15) is 0 Å². The molecule has 0 bridgehead atoms. The second-order valence-electron chi connectivity index (χ2n) is 7.67. The third-order valence-corrected chi connectivity index (χ3v) is 5.93. The Morgan fingerprint density at radius 2 is 2.00 bits per heavy atom. The fourth-order valence-corrected chi connectivity index (χ4v) is 4.06. The molecule has 0 unspecified atom stereocenters. The molecule has 0 fully saturated rings. The number of aromatic nitrogens is 1. The summed E-state index contributed by atoms with van der Waals surface area (Å²) in [4.78, 5) is 43.7. The van der Waals surface area contributed by atoms with Crippen molar-refractivity contribution in [3.63, 3.8) is 0 Å². The van der Waals surface area contributed by atoms with Crippen molar-refractivity contribution >= 4 is 46.0 Å². The Bertz CT molecular complexity index is 1260. The van der Waals surface area contributed by atoms with Crippen molar-refractivity contribution in [2.45, 2.75) is 19.9 Å². The van der Waals surface area contributed by atoms with E-state index in [9.17, 15) is 14.4 Å². The van der Waals surface area contributed by atoms with E-state index in [1.165, 1.54) is 18.2 Å². The average Bonchev–Trinajstić information content (AvgIpc) is 2.81. The van der Waals surface area contributed by atoms with Gasteiger partial charge in [-0.05, 0) is 30.8 Å². The third kappa shape index (κ3) is 4.81. The molecule has 1 aromatic heterocycles. The Morgan fingerprint density at radius 3 is 2.76 bits per heavy atom. The topological polar surface area (TPSA) is 109 Å². The highest BCUT2D eigenvalue weighted by Gasteiger charge is 2.26. The number of carbonyl (C=O) groups is 3. The van der Waals surface area contributed by atoms with Crippen LogP contribution in [0.3, 0.4) is 0 Å². The summed E-state index contributed by atoms with van der Waals surface area (Å²) in [6.07, 6.45) is 0.729. The Kier molecular flexibility index (Phi) is 6.57. The number of nitrogens with zero attached hydrogens (tertiary/aromatic N) is 2. The second kappa shape index (κ2) is 9.56. The number of fused-ring (bicyclic) bond motifs is 2. The Balaban J connectivity index is 1.56. The van der Waals surface area contributed by atoms with E-state index in [1.54, 1.807) is 0 Å². The van der Waals surface area contributed by atoms with Crippen molar-refractivity contribution in [1.82, 2.24) is 9.88 Å². The molecule has 170 valence electrons. The summed E-state index contributed by atoms with van der Waals surface area (Å²) in [6, 6.07) is 11.3. The number of anilines is 1. The lowest BCUT2D eigenvalue weighted by Gasteiger charge is -2.28. The van der Waals surface area contributed by atoms with Crippen molar-refractivity contribution in [3.8, 4) is 0 Å². The first-order chi connectivity index (χ1) is 15.9. The van der Waals surface area contributed by atoms with Crippen LogP contribution in [-0.2, 0) is 22.5 Å². The highest BCUT2D eigenvalue weighted by molar-refractivity contribution is 6.33. The number of hydrogen-bond donors (Lipinski definition) is 2. The summed E-state index contributed by atoms with van der Waals surface area (Å²) in [5.41, 5.74) is 2.92. The maximum atomic E-state index is 13.1. The smallest absolute Gasteiger partial charge is 0.339 e. The van der Waals surface area contributed by atoms with E-state index in [2.05, 4.69) is 17.1 Å². The molecule has 2 aromatic carbocycles. The van der Waals surface area contributed by atoms with Gasteiger partial charge in [0.05, 0.1) is 27.4 Å². The third-order valence-electron chi connectivity index (χ3n) is 5.60. The summed E-state index contributed by atoms with van der Waals surface area (Å²) in [6.45, 7) is 3.81. The number of carboxylic acid groups (broad SMARTS) is 1. The standard InChI is InChI=1S/C24H22ClN3O5/c1-2-28-10-9-19-16(12-28)22(15-5-3-4-6-18(15)26-19)24(32)33-13-21(29)27-20-11-14(23(30)31)7-8-17(20)25/h3-8,11H,2,9-10,12-13H2,1H3,(H,27,29)(H,30,31). The van der Waals surface area contributed by atoms with Crippen LogP contribution in [0, 0.1) is 0 Å². The summed E-state index contributed by atoms with van der Waals surface area (Å²) in [5, 5.41) is 12.5. The van der Waals surface area contributed by atoms with E-state index >= 15 is 0 Å². The van der Waals surface area contributed by atoms with E-state index in [0.717, 1.165) is 30.8 Å². The van der Waals surface area contributed by atoms with E-state index in [0.29, 0.717) is 23.0 Å². The van der Waals surface area contributed by atoms with E-state index < -0.39 is 24.5 Å². The van der Waals surface area contributed by atoms with Crippen molar-refractivity contribution < 1.29 is 24.2 Å². The summed E-state index contributed by atoms with van der Waals surface area (Å²) in [7, 11) is 0. The van der Waals surface area contributed by atoms with Gasteiger partial charge in [0.1, 0.15) is 0 Å². The van der Waals surface area contributed by atoms with E-state index in [-0.39, 0.29) is 16.3 Å². The molecular formula is C24H22ClN3O5. The van der Waals surface area contributed by atoms with Gasteiger partial charge in [0, 0.05) is 36.2 Å². The lowest BCUT2D eigenvalue weighted by molar-refractivity contribution is -0.119. The number of esters is 1. The molecule has 1 aliphatic heterocycles. The van der Waals surface area contributed by atoms with Crippen molar-refractivity contribution in [1.29, 1.82) is 0 Å². The number of nitrogens with one attached hydrogen (secondary N) is 1. The molecule has 0 spiro atoms. The van der Waals surface area contributed by atoms with Gasteiger partial charge in [0.25, 0.3) is 5.91 Å². The predicted octanol–water partition coefficient (Wildman–Crippen LogP) is 3.76. The van der Waals surface area contributed by atoms with Crippen molar-refractivity contribution in [2.24, 2.45) is 0 Å². The number of likely N-dealkylation sites (N-methyl/N-ethyl adjacent to an activating group) is 1. The van der Waals surface area contributed by atoms with Gasteiger partial charge in [-0.1, -0.05) is 36.7 Å². The molecule has 3 aromatic rings. The zero-order valence-electron chi connectivity index (χ0n) is 17.9. The van der Waals surface area contributed by atoms with Gasteiger partial charge in [0.15, 0.2) is 6.61 Å². The lowest BCUT2D eigenvalue weighted by Crippen LogP contribution is -2.32. The maximum absolute atomic E-state index is 13.1. The quantitative estimate of drug-likeness (QED) is 0.531. The van der Waals surface area contributed by atoms with Gasteiger partial charge >= 0.3 is 11.9 Å². The zero-order valence-corrected chi connectivity index (χ0v) is 18.7. The molecule has 0 aliphatic carbocycles. The first-order valence-corrected chi connectivity index (χ1v) is 10.9.